The van der Waals surface area contributed by atoms with Crippen LogP contribution in [0.3, 0.4) is 0 Å². The Kier molecular flexibility index (Phi) is 5.98. The summed E-state index contributed by atoms with van der Waals surface area (Å²) in [6, 6.07) is 11.0. The van der Waals surface area contributed by atoms with E-state index in [1.807, 2.05) is 6.92 Å². The molecule has 2 aromatic carbocycles. The molecule has 0 aliphatic carbocycles. The average molecular weight is 393 g/mol. The molecule has 2 aromatic rings. The third-order valence-corrected chi connectivity index (χ3v) is 3.77. The lowest BCUT2D eigenvalue weighted by Gasteiger charge is -2.13. The number of carbonyl (C=O) groups excluding carboxylic acids is 2. The van der Waals surface area contributed by atoms with E-state index in [-0.39, 0.29) is 17.1 Å². The van der Waals surface area contributed by atoms with E-state index in [9.17, 15) is 14.7 Å². The van der Waals surface area contributed by atoms with Gasteiger partial charge in [-0.05, 0) is 56.3 Å². The molecule has 0 spiro atoms. The molecule has 0 aromatic heterocycles. The number of ketones is 1. The van der Waals surface area contributed by atoms with Crippen LogP contribution in [0.15, 0.2) is 46.9 Å². The highest BCUT2D eigenvalue weighted by molar-refractivity contribution is 9.10. The minimum absolute atomic E-state index is 0.00396. The second kappa shape index (κ2) is 7.97. The van der Waals surface area contributed by atoms with Crippen LogP contribution >= 0.6 is 15.9 Å². The molecule has 0 fully saturated rings. The van der Waals surface area contributed by atoms with E-state index in [0.717, 1.165) is 0 Å². The number of carbonyl (C=O) groups is 2. The van der Waals surface area contributed by atoms with Crippen molar-refractivity contribution in [3.8, 4) is 11.5 Å². The zero-order valence-electron chi connectivity index (χ0n) is 13.3. The lowest BCUT2D eigenvalue weighted by molar-refractivity contribution is 0.0316. The number of phenols is 1. The number of ether oxygens (including phenoxy) is 2. The van der Waals surface area contributed by atoms with Crippen LogP contribution in [0.5, 0.6) is 11.5 Å². The molecule has 126 valence electrons. The van der Waals surface area contributed by atoms with Gasteiger partial charge < -0.3 is 14.6 Å². The van der Waals surface area contributed by atoms with E-state index in [0.29, 0.717) is 22.4 Å². The third-order valence-electron chi connectivity index (χ3n) is 3.28. The van der Waals surface area contributed by atoms with Gasteiger partial charge in [0.15, 0.2) is 6.10 Å². The van der Waals surface area contributed by atoms with Crippen LogP contribution in [-0.4, -0.2) is 29.6 Å². The van der Waals surface area contributed by atoms with Gasteiger partial charge >= 0.3 is 5.97 Å². The Morgan fingerprint density at radius 2 is 1.83 bits per heavy atom. The molecule has 0 aliphatic rings. The van der Waals surface area contributed by atoms with Crippen molar-refractivity contribution in [1.82, 2.24) is 0 Å². The fraction of sp³-hybridized carbons (Fsp3) is 0.222. The van der Waals surface area contributed by atoms with E-state index in [1.54, 1.807) is 30.3 Å². The van der Waals surface area contributed by atoms with Crippen molar-refractivity contribution >= 4 is 27.7 Å². The SMILES string of the molecule is CCOc1ccc(C(=O)[C@H](C)OC(=O)c2cc(Br)ccc2O)cc1. The Hall–Kier alpha value is -2.34. The number of rotatable bonds is 6. The Labute approximate surface area is 148 Å². The molecule has 0 aliphatic heterocycles. The summed E-state index contributed by atoms with van der Waals surface area (Å²) >= 11 is 3.22. The number of phenolic OH excluding ortho intramolecular Hbond substituents is 1. The number of benzene rings is 2. The molecule has 1 N–H and O–H groups in total. The van der Waals surface area contributed by atoms with E-state index in [4.69, 9.17) is 9.47 Å². The Morgan fingerprint density at radius 3 is 2.46 bits per heavy atom. The summed E-state index contributed by atoms with van der Waals surface area (Å²) in [5, 5.41) is 9.73. The highest BCUT2D eigenvalue weighted by Gasteiger charge is 2.22. The predicted molar refractivity (Wildman–Crippen MR) is 92.6 cm³/mol. The second-order valence-corrected chi connectivity index (χ2v) is 5.95. The van der Waals surface area contributed by atoms with E-state index >= 15 is 0 Å². The van der Waals surface area contributed by atoms with Gasteiger partial charge in [0.05, 0.1) is 6.61 Å². The standard InChI is InChI=1S/C18H17BrO5/c1-3-23-14-7-4-12(5-8-14)17(21)11(2)24-18(22)15-10-13(19)6-9-16(15)20/h4-11,20H,3H2,1-2H3/t11-/m0/s1. The molecule has 2 rings (SSSR count). The van der Waals surface area contributed by atoms with Crippen molar-refractivity contribution in [2.45, 2.75) is 20.0 Å². The first-order valence-corrected chi connectivity index (χ1v) is 8.18. The molecule has 0 unspecified atom stereocenters. The molecule has 0 saturated carbocycles. The van der Waals surface area contributed by atoms with Crippen molar-refractivity contribution in [1.29, 1.82) is 0 Å². The van der Waals surface area contributed by atoms with Crippen molar-refractivity contribution in [3.05, 3.63) is 58.1 Å². The summed E-state index contributed by atoms with van der Waals surface area (Å²) in [6.45, 7) is 3.90. The van der Waals surface area contributed by atoms with Gasteiger partial charge in [0, 0.05) is 10.0 Å². The molecule has 6 heteroatoms. The Bertz CT molecular complexity index is 740. The highest BCUT2D eigenvalue weighted by atomic mass is 79.9. The van der Waals surface area contributed by atoms with Crippen LogP contribution in [0, 0.1) is 0 Å². The maximum atomic E-state index is 12.3. The van der Waals surface area contributed by atoms with Crippen LogP contribution in [-0.2, 0) is 4.74 Å². The monoisotopic (exact) mass is 392 g/mol. The molecule has 0 radical (unpaired) electrons. The highest BCUT2D eigenvalue weighted by Crippen LogP contribution is 2.23. The zero-order chi connectivity index (χ0) is 17.7. The van der Waals surface area contributed by atoms with Crippen LogP contribution in [0.1, 0.15) is 34.6 Å². The van der Waals surface area contributed by atoms with Gasteiger partial charge in [-0.3, -0.25) is 4.79 Å². The van der Waals surface area contributed by atoms with E-state index in [1.165, 1.54) is 19.1 Å². The maximum absolute atomic E-state index is 12.3. The first-order chi connectivity index (χ1) is 11.4. The molecule has 0 amide bonds. The summed E-state index contributed by atoms with van der Waals surface area (Å²) < 4.78 is 11.1. The topological polar surface area (TPSA) is 72.8 Å². The number of aromatic hydroxyl groups is 1. The predicted octanol–water partition coefficient (Wildman–Crippen LogP) is 3.98. The van der Waals surface area contributed by atoms with Gasteiger partial charge in [-0.1, -0.05) is 15.9 Å². The fourth-order valence-corrected chi connectivity index (χ4v) is 2.43. The normalized spacial score (nSPS) is 11.6. The molecule has 0 saturated heterocycles. The number of hydrogen-bond donors (Lipinski definition) is 1. The number of halogens is 1. The summed E-state index contributed by atoms with van der Waals surface area (Å²) in [6.07, 6.45) is -0.978. The lowest BCUT2D eigenvalue weighted by atomic mass is 10.1. The van der Waals surface area contributed by atoms with Crippen LogP contribution in [0.25, 0.3) is 0 Å². The number of Topliss-reactive ketones (excluding diaryl/α,β-unsaturated/α-hetero) is 1. The minimum Gasteiger partial charge on any atom is -0.507 e. The minimum atomic E-state index is -0.978. The van der Waals surface area contributed by atoms with Gasteiger partial charge in [0.2, 0.25) is 5.78 Å². The quantitative estimate of drug-likeness (QED) is 0.594. The zero-order valence-corrected chi connectivity index (χ0v) is 14.9. The van der Waals surface area contributed by atoms with E-state index < -0.39 is 12.1 Å². The van der Waals surface area contributed by atoms with Crippen molar-refractivity contribution < 1.29 is 24.2 Å². The first-order valence-electron chi connectivity index (χ1n) is 7.39. The Balaban J connectivity index is 2.08. The number of hydrogen-bond acceptors (Lipinski definition) is 5. The van der Waals surface area contributed by atoms with Gasteiger partial charge in [0.1, 0.15) is 17.1 Å². The van der Waals surface area contributed by atoms with Gasteiger partial charge in [-0.25, -0.2) is 4.79 Å². The lowest BCUT2D eigenvalue weighted by Crippen LogP contribution is -2.24. The molecule has 0 bridgehead atoms. The number of esters is 1. The van der Waals surface area contributed by atoms with Gasteiger partial charge in [-0.15, -0.1) is 0 Å². The summed E-state index contributed by atoms with van der Waals surface area (Å²) in [7, 11) is 0. The van der Waals surface area contributed by atoms with Crippen LogP contribution in [0.2, 0.25) is 0 Å². The van der Waals surface area contributed by atoms with Crippen molar-refractivity contribution in [2.75, 3.05) is 6.61 Å². The molecular formula is C18H17BrO5. The second-order valence-electron chi connectivity index (χ2n) is 5.03. The molecule has 5 nitrogen and oxygen atoms in total. The molecule has 0 heterocycles. The van der Waals surface area contributed by atoms with E-state index in [2.05, 4.69) is 15.9 Å². The van der Waals surface area contributed by atoms with Crippen molar-refractivity contribution in [3.63, 3.8) is 0 Å². The third kappa shape index (κ3) is 4.35. The van der Waals surface area contributed by atoms with Crippen molar-refractivity contribution in [2.24, 2.45) is 0 Å². The Morgan fingerprint density at radius 1 is 1.17 bits per heavy atom. The molecule has 24 heavy (non-hydrogen) atoms. The first kappa shape index (κ1) is 18.0. The largest absolute Gasteiger partial charge is 0.507 e. The van der Waals surface area contributed by atoms with Gasteiger partial charge in [0.25, 0.3) is 0 Å². The molecule has 1 atom stereocenters. The van der Waals surface area contributed by atoms with Crippen LogP contribution in [0.4, 0.5) is 0 Å². The van der Waals surface area contributed by atoms with Gasteiger partial charge in [-0.2, -0.15) is 0 Å². The fourth-order valence-electron chi connectivity index (χ4n) is 2.07. The summed E-state index contributed by atoms with van der Waals surface area (Å²) in [4.78, 5) is 24.5. The van der Waals surface area contributed by atoms with Crippen LogP contribution < -0.4 is 4.74 Å². The average Bonchev–Trinajstić information content (AvgIpc) is 2.57. The maximum Gasteiger partial charge on any atom is 0.342 e. The summed E-state index contributed by atoms with van der Waals surface area (Å²) in [5.74, 6) is -0.636. The smallest absolute Gasteiger partial charge is 0.342 e. The summed E-state index contributed by atoms with van der Waals surface area (Å²) in [5.41, 5.74) is 0.410. The molecular weight excluding hydrogens is 376 g/mol.